The molecule has 0 aliphatic carbocycles. The van der Waals surface area contributed by atoms with Crippen LogP contribution in [0.3, 0.4) is 0 Å². The number of thioether (sulfide) groups is 1. The van der Waals surface area contributed by atoms with Gasteiger partial charge in [0.2, 0.25) is 5.89 Å². The highest BCUT2D eigenvalue weighted by Gasteiger charge is 2.12. The average molecular weight is 340 g/mol. The van der Waals surface area contributed by atoms with E-state index in [0.29, 0.717) is 17.5 Å². The van der Waals surface area contributed by atoms with E-state index in [1.54, 1.807) is 23.1 Å². The number of para-hydroxylation sites is 2. The quantitative estimate of drug-likeness (QED) is 0.515. The molecule has 1 aromatic carbocycles. The predicted molar refractivity (Wildman–Crippen MR) is 91.4 cm³/mol. The molecule has 0 atom stereocenters. The molecule has 4 rings (SSSR count). The van der Waals surface area contributed by atoms with Crippen LogP contribution in [-0.4, -0.2) is 20.2 Å². The molecule has 0 unspecified atom stereocenters. The lowest BCUT2D eigenvalue weighted by Gasteiger charge is -2.04. The van der Waals surface area contributed by atoms with Gasteiger partial charge in [0.05, 0.1) is 27.4 Å². The highest BCUT2D eigenvalue weighted by Crippen LogP contribution is 2.27. The Morgan fingerprint density at radius 3 is 2.65 bits per heavy atom. The Kier molecular flexibility index (Phi) is 3.80. The van der Waals surface area contributed by atoms with E-state index in [1.807, 2.05) is 48.7 Å². The summed E-state index contributed by atoms with van der Waals surface area (Å²) in [6.07, 6.45) is 0. The van der Waals surface area contributed by atoms with Gasteiger partial charge in [0.1, 0.15) is 5.03 Å². The van der Waals surface area contributed by atoms with Gasteiger partial charge in [-0.15, -0.1) is 21.5 Å². The number of hydrogen-bond donors (Lipinski definition) is 0. The van der Waals surface area contributed by atoms with Crippen molar-refractivity contribution in [2.24, 2.45) is 0 Å². The van der Waals surface area contributed by atoms with E-state index in [2.05, 4.69) is 20.2 Å². The second-order valence-corrected chi connectivity index (χ2v) is 6.78. The minimum absolute atomic E-state index is 0.567. The van der Waals surface area contributed by atoms with Crippen molar-refractivity contribution in [3.8, 4) is 10.8 Å². The summed E-state index contributed by atoms with van der Waals surface area (Å²) in [6, 6.07) is 11.8. The van der Waals surface area contributed by atoms with Crippen LogP contribution in [0.15, 0.2) is 51.2 Å². The molecule has 114 valence electrons. The van der Waals surface area contributed by atoms with Gasteiger partial charge in [0.15, 0.2) is 0 Å². The van der Waals surface area contributed by atoms with E-state index >= 15 is 0 Å². The van der Waals surface area contributed by atoms with Crippen LogP contribution in [0.1, 0.15) is 11.6 Å². The third-order valence-corrected chi connectivity index (χ3v) is 5.14. The van der Waals surface area contributed by atoms with Gasteiger partial charge in [0, 0.05) is 0 Å². The van der Waals surface area contributed by atoms with Crippen molar-refractivity contribution in [2.45, 2.75) is 17.7 Å². The summed E-state index contributed by atoms with van der Waals surface area (Å²) >= 11 is 3.14. The van der Waals surface area contributed by atoms with Crippen molar-refractivity contribution >= 4 is 34.1 Å². The van der Waals surface area contributed by atoms with E-state index in [-0.39, 0.29) is 0 Å². The first kappa shape index (κ1) is 14.3. The van der Waals surface area contributed by atoms with Crippen molar-refractivity contribution in [3.05, 3.63) is 53.4 Å². The number of hydrogen-bond acceptors (Lipinski definition) is 7. The number of thiophene rings is 1. The van der Waals surface area contributed by atoms with E-state index < -0.39 is 0 Å². The molecule has 23 heavy (non-hydrogen) atoms. The first-order valence-corrected chi connectivity index (χ1v) is 8.88. The molecule has 3 aromatic heterocycles. The van der Waals surface area contributed by atoms with Crippen molar-refractivity contribution in [2.75, 3.05) is 0 Å². The van der Waals surface area contributed by atoms with Crippen molar-refractivity contribution in [1.82, 2.24) is 20.2 Å². The molecule has 4 aromatic rings. The first-order chi connectivity index (χ1) is 11.3. The third kappa shape index (κ3) is 2.97. The summed E-state index contributed by atoms with van der Waals surface area (Å²) in [6.45, 7) is 1.96. The van der Waals surface area contributed by atoms with Gasteiger partial charge < -0.3 is 4.42 Å². The minimum Gasteiger partial charge on any atom is -0.419 e. The van der Waals surface area contributed by atoms with Crippen LogP contribution in [-0.2, 0) is 5.75 Å². The lowest BCUT2D eigenvalue weighted by Crippen LogP contribution is -1.93. The van der Waals surface area contributed by atoms with Crippen LogP contribution in [0.2, 0.25) is 0 Å². The van der Waals surface area contributed by atoms with Gasteiger partial charge in [-0.3, -0.25) is 0 Å². The third-order valence-electron chi connectivity index (χ3n) is 3.23. The number of aryl methyl sites for hydroxylation is 1. The SMILES string of the molecule is Cc1nc2ccccc2nc1SCc1nnc(-c2cccs2)o1. The molecule has 0 radical (unpaired) electrons. The van der Waals surface area contributed by atoms with Crippen LogP contribution in [0.5, 0.6) is 0 Å². The average Bonchev–Trinajstić information content (AvgIpc) is 3.24. The number of benzene rings is 1. The monoisotopic (exact) mass is 340 g/mol. The molecule has 0 bridgehead atoms. The Hall–Kier alpha value is -2.25. The second-order valence-electron chi connectivity index (χ2n) is 4.87. The molecule has 0 aliphatic heterocycles. The zero-order valence-corrected chi connectivity index (χ0v) is 13.9. The van der Waals surface area contributed by atoms with E-state index in [9.17, 15) is 0 Å². The van der Waals surface area contributed by atoms with Crippen LogP contribution in [0.25, 0.3) is 21.8 Å². The van der Waals surface area contributed by atoms with Crippen molar-refractivity contribution < 1.29 is 4.42 Å². The van der Waals surface area contributed by atoms with Gasteiger partial charge in [0.25, 0.3) is 5.89 Å². The maximum atomic E-state index is 5.70. The number of aromatic nitrogens is 4. The lowest BCUT2D eigenvalue weighted by molar-refractivity contribution is 0.529. The van der Waals surface area contributed by atoms with Crippen LogP contribution in [0.4, 0.5) is 0 Å². The van der Waals surface area contributed by atoms with Crippen molar-refractivity contribution in [1.29, 1.82) is 0 Å². The summed E-state index contributed by atoms with van der Waals surface area (Å²) in [5, 5.41) is 11.1. The zero-order chi connectivity index (χ0) is 15.6. The summed E-state index contributed by atoms with van der Waals surface area (Å²) in [4.78, 5) is 10.2. The van der Waals surface area contributed by atoms with Crippen LogP contribution in [0, 0.1) is 6.92 Å². The zero-order valence-electron chi connectivity index (χ0n) is 12.3. The topological polar surface area (TPSA) is 64.7 Å². The fourth-order valence-corrected chi connectivity index (χ4v) is 3.59. The van der Waals surface area contributed by atoms with Gasteiger partial charge in [-0.1, -0.05) is 30.0 Å². The lowest BCUT2D eigenvalue weighted by atomic mass is 10.3. The normalized spacial score (nSPS) is 11.2. The predicted octanol–water partition coefficient (Wildman–Crippen LogP) is 4.34. The molecular weight excluding hydrogens is 328 g/mol. The molecule has 0 aliphatic rings. The molecule has 0 saturated heterocycles. The Morgan fingerprint density at radius 1 is 1.04 bits per heavy atom. The smallest absolute Gasteiger partial charge is 0.257 e. The van der Waals surface area contributed by atoms with Crippen LogP contribution >= 0.6 is 23.1 Å². The summed E-state index contributed by atoms with van der Waals surface area (Å²) in [5.41, 5.74) is 2.71. The second kappa shape index (κ2) is 6.10. The standard InChI is InChI=1S/C16H12N4OS2/c1-10-16(18-12-6-3-2-5-11(12)17-10)23-9-14-19-20-15(21-14)13-7-4-8-22-13/h2-8H,9H2,1H3. The molecule has 0 spiro atoms. The summed E-state index contributed by atoms with van der Waals surface area (Å²) in [7, 11) is 0. The fourth-order valence-electron chi connectivity index (χ4n) is 2.15. The Labute approximate surface area is 140 Å². The number of nitrogens with zero attached hydrogens (tertiary/aromatic N) is 4. The summed E-state index contributed by atoms with van der Waals surface area (Å²) in [5.74, 6) is 1.73. The maximum Gasteiger partial charge on any atom is 0.257 e. The fraction of sp³-hybridized carbons (Fsp3) is 0.125. The number of rotatable bonds is 4. The van der Waals surface area contributed by atoms with E-state index in [4.69, 9.17) is 4.42 Å². The number of fused-ring (bicyclic) bond motifs is 1. The highest BCUT2D eigenvalue weighted by atomic mass is 32.2. The highest BCUT2D eigenvalue weighted by molar-refractivity contribution is 7.98. The molecule has 0 N–H and O–H groups in total. The minimum atomic E-state index is 0.567. The Balaban J connectivity index is 1.54. The van der Waals surface area contributed by atoms with Gasteiger partial charge in [-0.2, -0.15) is 0 Å². The molecule has 5 nitrogen and oxygen atoms in total. The molecule has 0 saturated carbocycles. The van der Waals surface area contributed by atoms with E-state index in [0.717, 1.165) is 26.6 Å². The summed E-state index contributed by atoms with van der Waals surface area (Å²) < 4.78 is 5.70. The molecule has 7 heteroatoms. The molecule has 0 amide bonds. The maximum absolute atomic E-state index is 5.70. The largest absolute Gasteiger partial charge is 0.419 e. The van der Waals surface area contributed by atoms with E-state index in [1.165, 1.54) is 0 Å². The van der Waals surface area contributed by atoms with Crippen molar-refractivity contribution in [3.63, 3.8) is 0 Å². The van der Waals surface area contributed by atoms with Gasteiger partial charge in [-0.25, -0.2) is 9.97 Å². The van der Waals surface area contributed by atoms with Crippen LogP contribution < -0.4 is 0 Å². The van der Waals surface area contributed by atoms with Gasteiger partial charge in [-0.05, 0) is 30.5 Å². The molecule has 0 fully saturated rings. The molecule has 3 heterocycles. The molecular formula is C16H12N4OS2. The first-order valence-electron chi connectivity index (χ1n) is 7.02. The Bertz CT molecular complexity index is 950. The Morgan fingerprint density at radius 2 is 1.87 bits per heavy atom. The van der Waals surface area contributed by atoms with Gasteiger partial charge >= 0.3 is 0 Å².